The molecule has 54 heavy (non-hydrogen) atoms. The molecular formula is C36H46N2O12S4+2. The van der Waals surface area contributed by atoms with E-state index in [9.17, 15) is 38.9 Å². The number of quaternary nitrogens is 1. The van der Waals surface area contributed by atoms with Gasteiger partial charge in [-0.1, -0.05) is 34.9 Å². The third-order valence-corrected chi connectivity index (χ3v) is 14.0. The largest absolute Gasteiger partial charge is 0.320 e. The van der Waals surface area contributed by atoms with Crippen LogP contribution in [0.5, 0.6) is 0 Å². The topological polar surface area (TPSA) is 205 Å². The molecule has 3 aliphatic heterocycles. The average Bonchev–Trinajstić information content (AvgIpc) is 3.66. The van der Waals surface area contributed by atoms with Crippen molar-refractivity contribution in [3.8, 4) is 0 Å². The number of allylic oxidation sites excluding steroid dienone is 8. The third kappa shape index (κ3) is 8.39. The molecule has 2 aromatic carbocycles. The van der Waals surface area contributed by atoms with Gasteiger partial charge in [0.2, 0.25) is 11.1 Å². The van der Waals surface area contributed by atoms with Crippen LogP contribution in [0.1, 0.15) is 71.4 Å². The third-order valence-electron chi connectivity index (χ3n) is 10.5. The van der Waals surface area contributed by atoms with E-state index in [4.69, 9.17) is 5.26 Å². The quantitative estimate of drug-likeness (QED) is 0.0230. The zero-order valence-electron chi connectivity index (χ0n) is 30.5. The molecule has 1 spiro atoms. The van der Waals surface area contributed by atoms with Gasteiger partial charge in [0.05, 0.1) is 40.1 Å². The SMILES string of the molecule is CC(/C=C/C=C1\C(C)(C)c2cc(S(=O)(=O)O)ccc2[N+]12CCCC2S(=O)(=O)O)=C\C=C\C1=[N+](CCCCS(=O)(=O)O)c2ccc(SOOO)cc2C1(C)C. The summed E-state index contributed by atoms with van der Waals surface area (Å²) in [5.74, 6) is -0.341. The number of benzene rings is 2. The smallest absolute Gasteiger partial charge is 0.286 e. The van der Waals surface area contributed by atoms with Gasteiger partial charge in [-0.25, -0.2) is 9.74 Å². The van der Waals surface area contributed by atoms with Crippen LogP contribution in [0.4, 0.5) is 11.4 Å². The molecule has 4 N–H and O–H groups in total. The number of rotatable bonds is 14. The van der Waals surface area contributed by atoms with Crippen LogP contribution in [-0.4, -0.2) is 78.7 Å². The highest BCUT2D eigenvalue weighted by molar-refractivity contribution is 7.94. The minimum atomic E-state index is -4.53. The second-order valence-electron chi connectivity index (χ2n) is 14.7. The number of unbranched alkanes of at least 4 members (excludes halogenated alkanes) is 1. The minimum Gasteiger partial charge on any atom is -0.286 e. The first-order valence-corrected chi connectivity index (χ1v) is 22.4. The highest BCUT2D eigenvalue weighted by Crippen LogP contribution is 2.57. The molecule has 0 bridgehead atoms. The molecule has 0 amide bonds. The maximum absolute atomic E-state index is 12.8. The first kappa shape index (κ1) is 42.1. The summed E-state index contributed by atoms with van der Waals surface area (Å²) in [6, 6.07) is 9.80. The van der Waals surface area contributed by atoms with Crippen LogP contribution in [0.15, 0.2) is 93.9 Å². The highest BCUT2D eigenvalue weighted by atomic mass is 32.2. The van der Waals surface area contributed by atoms with E-state index >= 15 is 0 Å². The summed E-state index contributed by atoms with van der Waals surface area (Å²) in [5, 5.41) is 11.2. The molecule has 14 nitrogen and oxygen atoms in total. The lowest BCUT2D eigenvalue weighted by Gasteiger charge is -2.37. The maximum Gasteiger partial charge on any atom is 0.320 e. The monoisotopic (exact) mass is 826 g/mol. The van der Waals surface area contributed by atoms with Crippen molar-refractivity contribution in [2.24, 2.45) is 0 Å². The maximum atomic E-state index is 12.8. The fourth-order valence-corrected chi connectivity index (χ4v) is 10.9. The summed E-state index contributed by atoms with van der Waals surface area (Å²) in [7, 11) is -13.1. The Hall–Kier alpha value is -3.01. The predicted molar refractivity (Wildman–Crippen MR) is 206 cm³/mol. The van der Waals surface area contributed by atoms with E-state index in [0.29, 0.717) is 47.8 Å². The molecule has 3 aliphatic rings. The molecule has 294 valence electrons. The van der Waals surface area contributed by atoms with Crippen molar-refractivity contribution in [1.29, 1.82) is 0 Å². The summed E-state index contributed by atoms with van der Waals surface area (Å²) in [4.78, 5) is 0.390. The Kier molecular flexibility index (Phi) is 12.1. The van der Waals surface area contributed by atoms with Crippen molar-refractivity contribution in [1.82, 2.24) is 4.48 Å². The van der Waals surface area contributed by atoms with Crippen LogP contribution in [0.2, 0.25) is 0 Å². The van der Waals surface area contributed by atoms with Crippen LogP contribution in [0.3, 0.4) is 0 Å². The molecule has 0 aliphatic carbocycles. The molecule has 2 unspecified atom stereocenters. The normalized spacial score (nSPS) is 23.4. The molecule has 0 aromatic heterocycles. The van der Waals surface area contributed by atoms with E-state index in [2.05, 4.69) is 27.8 Å². The van der Waals surface area contributed by atoms with Crippen LogP contribution >= 0.6 is 12.0 Å². The van der Waals surface area contributed by atoms with Crippen LogP contribution in [0, 0.1) is 0 Å². The van der Waals surface area contributed by atoms with Gasteiger partial charge in [0.25, 0.3) is 20.2 Å². The van der Waals surface area contributed by atoms with Gasteiger partial charge >= 0.3 is 10.1 Å². The van der Waals surface area contributed by atoms with Crippen LogP contribution < -0.4 is 4.48 Å². The van der Waals surface area contributed by atoms with Gasteiger partial charge in [-0.15, -0.1) is 4.33 Å². The van der Waals surface area contributed by atoms with Gasteiger partial charge in [-0.2, -0.15) is 29.8 Å². The summed E-state index contributed by atoms with van der Waals surface area (Å²) >= 11 is 0.846. The van der Waals surface area contributed by atoms with Crippen molar-refractivity contribution in [2.75, 3.05) is 18.8 Å². The van der Waals surface area contributed by atoms with Gasteiger partial charge in [-0.05, 0) is 71.4 Å². The van der Waals surface area contributed by atoms with E-state index < -0.39 is 46.6 Å². The number of nitrogens with zero attached hydrogens (tertiary/aromatic N) is 2. The van der Waals surface area contributed by atoms with Crippen molar-refractivity contribution < 1.29 is 58.1 Å². The van der Waals surface area contributed by atoms with E-state index in [-0.39, 0.29) is 28.0 Å². The van der Waals surface area contributed by atoms with E-state index in [1.165, 1.54) is 18.2 Å². The minimum absolute atomic E-state index is 0.173. The van der Waals surface area contributed by atoms with Crippen molar-refractivity contribution in [3.05, 3.63) is 95.3 Å². The van der Waals surface area contributed by atoms with Gasteiger partial charge in [0.15, 0.2) is 5.71 Å². The fourth-order valence-electron chi connectivity index (χ4n) is 8.13. The highest BCUT2D eigenvalue weighted by Gasteiger charge is 2.62. The Morgan fingerprint density at radius 2 is 1.69 bits per heavy atom. The Morgan fingerprint density at radius 1 is 0.963 bits per heavy atom. The van der Waals surface area contributed by atoms with Crippen molar-refractivity contribution in [3.63, 3.8) is 0 Å². The Labute approximate surface area is 321 Å². The Balaban J connectivity index is 1.48. The molecule has 2 aromatic rings. The summed E-state index contributed by atoms with van der Waals surface area (Å²) in [5.41, 5.74) is 4.06. The average molecular weight is 827 g/mol. The number of hydrogen-bond donors (Lipinski definition) is 4. The van der Waals surface area contributed by atoms with Gasteiger partial charge in [0, 0.05) is 53.5 Å². The molecule has 3 heterocycles. The lowest BCUT2D eigenvalue weighted by atomic mass is 9.81. The standard InChI is InChI=1S/C36H44N2O12S4/c1-25(11-8-13-32-35(2,3)28-23-26(51-50-49-39)16-18-30(28)37(32)20-6-7-22-52(40,41)42)12-9-14-33-36(4,5)29-24-27(53(43,44)45)17-19-31(29)38(33)21-10-15-34(38)54(46,47)48/h8-9,11-14,16-19,23-24,34H,6-7,10,15,20-22H2,1-5H3,(H2-2,39,40,41,42,43,44,45,46,47,48)/p+2/b12-9+,13-8+,25-11+,33-14+. The lowest BCUT2D eigenvalue weighted by molar-refractivity contribution is -0.438. The summed E-state index contributed by atoms with van der Waals surface area (Å²) in [6.45, 7) is 10.6. The summed E-state index contributed by atoms with van der Waals surface area (Å²) < 4.78 is 108. The number of hydrogen-bond acceptors (Lipinski definition) is 10. The molecule has 5 rings (SSSR count). The van der Waals surface area contributed by atoms with Crippen LogP contribution in [-0.2, 0) is 50.6 Å². The second-order valence-corrected chi connectivity index (χ2v) is 20.1. The Morgan fingerprint density at radius 3 is 2.33 bits per heavy atom. The number of fused-ring (bicyclic) bond motifs is 3. The zero-order chi connectivity index (χ0) is 39.9. The zero-order valence-corrected chi connectivity index (χ0v) is 33.8. The predicted octanol–water partition coefficient (Wildman–Crippen LogP) is 6.65. The van der Waals surface area contributed by atoms with Crippen LogP contribution in [0.25, 0.3) is 0 Å². The Bertz CT molecular complexity index is 2310. The molecule has 1 saturated heterocycles. The summed E-state index contributed by atoms with van der Waals surface area (Å²) in [6.07, 6.45) is 12.7. The van der Waals surface area contributed by atoms with Gasteiger partial charge < -0.3 is 0 Å². The lowest BCUT2D eigenvalue weighted by Crippen LogP contribution is -2.55. The fraction of sp³-hybridized carbons (Fsp3) is 0.417. The van der Waals surface area contributed by atoms with Gasteiger partial charge in [0.1, 0.15) is 17.9 Å². The van der Waals surface area contributed by atoms with Crippen molar-refractivity contribution >= 4 is 59.5 Å². The van der Waals surface area contributed by atoms with Crippen molar-refractivity contribution in [2.45, 2.75) is 86.3 Å². The molecule has 2 atom stereocenters. The molecule has 18 heteroatoms. The van der Waals surface area contributed by atoms with E-state index in [0.717, 1.165) is 34.6 Å². The van der Waals surface area contributed by atoms with E-state index in [1.54, 1.807) is 6.08 Å². The molecule has 1 fully saturated rings. The molecule has 0 radical (unpaired) electrons. The van der Waals surface area contributed by atoms with Gasteiger partial charge in [-0.3, -0.25) is 13.7 Å². The first-order valence-electron chi connectivity index (χ1n) is 17.2. The first-order chi connectivity index (χ1) is 25.0. The molecular weight excluding hydrogens is 781 g/mol. The second kappa shape index (κ2) is 15.5. The molecule has 0 saturated carbocycles. The van der Waals surface area contributed by atoms with E-state index in [1.807, 2.05) is 69.4 Å².